The SMILES string of the molecule is O=C(CNc1ccc(C(=O)O)c2cc(Cl)cc(Cl)c12)NCc1cccnc1. The van der Waals surface area contributed by atoms with Crippen LogP contribution in [0.25, 0.3) is 10.8 Å². The van der Waals surface area contributed by atoms with Crippen LogP contribution < -0.4 is 10.6 Å². The van der Waals surface area contributed by atoms with Crippen molar-refractivity contribution in [2.75, 3.05) is 11.9 Å². The Morgan fingerprint density at radius 1 is 1.15 bits per heavy atom. The zero-order valence-electron chi connectivity index (χ0n) is 14.0. The number of carboxylic acid groups (broad SMARTS) is 1. The number of benzene rings is 2. The molecule has 0 atom stereocenters. The third kappa shape index (κ3) is 4.48. The fourth-order valence-electron chi connectivity index (χ4n) is 2.67. The molecular formula is C19H15Cl2N3O3. The lowest BCUT2D eigenvalue weighted by molar-refractivity contribution is -0.119. The molecule has 1 amide bonds. The fraction of sp³-hybridized carbons (Fsp3) is 0.105. The van der Waals surface area contributed by atoms with Crippen molar-refractivity contribution >= 4 is 51.5 Å². The molecule has 0 spiro atoms. The molecule has 3 N–H and O–H groups in total. The van der Waals surface area contributed by atoms with Crippen LogP contribution in [0.15, 0.2) is 48.8 Å². The number of fused-ring (bicyclic) bond motifs is 1. The molecule has 0 bridgehead atoms. The van der Waals surface area contributed by atoms with Gasteiger partial charge in [0.25, 0.3) is 0 Å². The van der Waals surface area contributed by atoms with Gasteiger partial charge in [-0.05, 0) is 35.9 Å². The van der Waals surface area contributed by atoms with Crippen LogP contribution in [-0.4, -0.2) is 28.5 Å². The average Bonchev–Trinajstić information content (AvgIpc) is 2.64. The molecule has 8 heteroatoms. The highest BCUT2D eigenvalue weighted by atomic mass is 35.5. The number of carbonyl (C=O) groups excluding carboxylic acids is 1. The van der Waals surface area contributed by atoms with Crippen molar-refractivity contribution in [2.24, 2.45) is 0 Å². The number of amides is 1. The monoisotopic (exact) mass is 403 g/mol. The van der Waals surface area contributed by atoms with Crippen LogP contribution in [0.3, 0.4) is 0 Å². The van der Waals surface area contributed by atoms with Gasteiger partial charge in [-0.2, -0.15) is 0 Å². The normalized spacial score (nSPS) is 10.6. The molecule has 0 saturated carbocycles. The van der Waals surface area contributed by atoms with Gasteiger partial charge in [0.15, 0.2) is 0 Å². The molecule has 0 unspecified atom stereocenters. The molecule has 3 rings (SSSR count). The summed E-state index contributed by atoms with van der Waals surface area (Å²) in [6.45, 7) is 0.365. The van der Waals surface area contributed by atoms with Gasteiger partial charge in [0.05, 0.1) is 17.1 Å². The van der Waals surface area contributed by atoms with E-state index >= 15 is 0 Å². The molecule has 6 nitrogen and oxygen atoms in total. The minimum Gasteiger partial charge on any atom is -0.478 e. The van der Waals surface area contributed by atoms with Gasteiger partial charge in [0, 0.05) is 40.4 Å². The summed E-state index contributed by atoms with van der Waals surface area (Å²) in [5, 5.41) is 16.7. The van der Waals surface area contributed by atoms with Crippen LogP contribution in [0.4, 0.5) is 5.69 Å². The fourth-order valence-corrected chi connectivity index (χ4v) is 3.27. The Labute approximate surface area is 165 Å². The summed E-state index contributed by atoms with van der Waals surface area (Å²) in [4.78, 5) is 27.5. The molecule has 0 radical (unpaired) electrons. The first kappa shape index (κ1) is 18.9. The van der Waals surface area contributed by atoms with Crippen molar-refractivity contribution < 1.29 is 14.7 Å². The minimum absolute atomic E-state index is 0.000730. The summed E-state index contributed by atoms with van der Waals surface area (Å²) in [5.74, 6) is -1.31. The number of aromatic nitrogens is 1. The third-order valence-corrected chi connectivity index (χ3v) is 4.43. The average molecular weight is 404 g/mol. The molecule has 0 aliphatic carbocycles. The summed E-state index contributed by atoms with van der Waals surface area (Å²) in [6.07, 6.45) is 3.34. The number of anilines is 1. The number of nitrogens with zero attached hydrogens (tertiary/aromatic N) is 1. The van der Waals surface area contributed by atoms with Crippen molar-refractivity contribution in [3.8, 4) is 0 Å². The second kappa shape index (κ2) is 8.24. The number of carboxylic acids is 1. The number of halogens is 2. The van der Waals surface area contributed by atoms with Gasteiger partial charge in [-0.25, -0.2) is 4.79 Å². The molecule has 2 aromatic carbocycles. The molecule has 138 valence electrons. The van der Waals surface area contributed by atoms with E-state index in [1.807, 2.05) is 6.07 Å². The lowest BCUT2D eigenvalue weighted by Crippen LogP contribution is -2.29. The second-order valence-corrected chi connectivity index (χ2v) is 6.61. The molecule has 0 aliphatic rings. The van der Waals surface area contributed by atoms with Gasteiger partial charge >= 0.3 is 5.97 Å². The van der Waals surface area contributed by atoms with Gasteiger partial charge in [0.1, 0.15) is 0 Å². The van der Waals surface area contributed by atoms with Crippen LogP contribution >= 0.6 is 23.2 Å². The smallest absolute Gasteiger partial charge is 0.336 e. The second-order valence-electron chi connectivity index (χ2n) is 5.77. The van der Waals surface area contributed by atoms with Crippen molar-refractivity contribution in [1.29, 1.82) is 0 Å². The Bertz CT molecular complexity index is 1010. The van der Waals surface area contributed by atoms with E-state index in [1.165, 1.54) is 12.1 Å². The minimum atomic E-state index is -1.08. The van der Waals surface area contributed by atoms with Crippen LogP contribution in [-0.2, 0) is 11.3 Å². The van der Waals surface area contributed by atoms with Gasteiger partial charge in [0.2, 0.25) is 5.91 Å². The maximum absolute atomic E-state index is 12.1. The van der Waals surface area contributed by atoms with E-state index in [9.17, 15) is 14.7 Å². The Kier molecular flexibility index (Phi) is 5.78. The van der Waals surface area contributed by atoms with E-state index in [1.54, 1.807) is 30.6 Å². The van der Waals surface area contributed by atoms with Crippen molar-refractivity contribution in [1.82, 2.24) is 10.3 Å². The summed E-state index contributed by atoms with van der Waals surface area (Å²) in [6, 6.07) is 9.77. The summed E-state index contributed by atoms with van der Waals surface area (Å²) in [5.41, 5.74) is 1.52. The largest absolute Gasteiger partial charge is 0.478 e. The number of hydrogen-bond donors (Lipinski definition) is 3. The predicted octanol–water partition coefficient (Wildman–Crippen LogP) is 3.97. The first-order chi connectivity index (χ1) is 13.0. The Hall–Kier alpha value is -2.83. The highest BCUT2D eigenvalue weighted by Gasteiger charge is 2.15. The molecule has 1 aromatic heterocycles. The van der Waals surface area contributed by atoms with Gasteiger partial charge in [-0.3, -0.25) is 9.78 Å². The summed E-state index contributed by atoms with van der Waals surface area (Å²) >= 11 is 12.3. The first-order valence-electron chi connectivity index (χ1n) is 8.00. The topological polar surface area (TPSA) is 91.3 Å². The highest BCUT2D eigenvalue weighted by molar-refractivity contribution is 6.40. The molecule has 0 saturated heterocycles. The predicted molar refractivity (Wildman–Crippen MR) is 106 cm³/mol. The standard InChI is InChI=1S/C19H15Cl2N3O3/c20-12-6-14-13(19(26)27)3-4-16(18(14)15(21)7-12)23-10-17(25)24-9-11-2-1-5-22-8-11/h1-8,23H,9-10H2,(H,24,25)(H,26,27). The molecule has 27 heavy (non-hydrogen) atoms. The zero-order chi connectivity index (χ0) is 19.4. The molecule has 0 fully saturated rings. The van der Waals surface area contributed by atoms with Crippen molar-refractivity contribution in [3.63, 3.8) is 0 Å². The van der Waals surface area contributed by atoms with Crippen molar-refractivity contribution in [3.05, 3.63) is 70.0 Å². The molecule has 1 heterocycles. The first-order valence-corrected chi connectivity index (χ1v) is 8.76. The molecular weight excluding hydrogens is 389 g/mol. The highest BCUT2D eigenvalue weighted by Crippen LogP contribution is 2.35. The maximum atomic E-state index is 12.1. The number of aromatic carboxylic acids is 1. The van der Waals surface area contributed by atoms with E-state index in [0.29, 0.717) is 33.0 Å². The van der Waals surface area contributed by atoms with E-state index < -0.39 is 5.97 Å². The van der Waals surface area contributed by atoms with E-state index in [-0.39, 0.29) is 18.0 Å². The van der Waals surface area contributed by atoms with Gasteiger partial charge < -0.3 is 15.7 Å². The lowest BCUT2D eigenvalue weighted by Gasteiger charge is -2.13. The zero-order valence-corrected chi connectivity index (χ0v) is 15.5. The number of pyridine rings is 1. The van der Waals surface area contributed by atoms with Crippen molar-refractivity contribution in [2.45, 2.75) is 6.54 Å². The molecule has 3 aromatic rings. The summed E-state index contributed by atoms with van der Waals surface area (Å²) in [7, 11) is 0. The Morgan fingerprint density at radius 3 is 2.67 bits per heavy atom. The molecule has 0 aliphatic heterocycles. The summed E-state index contributed by atoms with van der Waals surface area (Å²) < 4.78 is 0. The Balaban J connectivity index is 1.78. The lowest BCUT2D eigenvalue weighted by atomic mass is 10.0. The third-order valence-electron chi connectivity index (χ3n) is 3.91. The van der Waals surface area contributed by atoms with E-state index in [2.05, 4.69) is 15.6 Å². The number of rotatable bonds is 6. The van der Waals surface area contributed by atoms with Gasteiger partial charge in [-0.15, -0.1) is 0 Å². The quantitative estimate of drug-likeness (QED) is 0.579. The number of carbonyl (C=O) groups is 2. The van der Waals surface area contributed by atoms with Crippen LogP contribution in [0.1, 0.15) is 15.9 Å². The van der Waals surface area contributed by atoms with Gasteiger partial charge in [-0.1, -0.05) is 29.3 Å². The number of nitrogens with one attached hydrogen (secondary N) is 2. The van der Waals surface area contributed by atoms with E-state index in [0.717, 1.165) is 5.56 Å². The van der Waals surface area contributed by atoms with Crippen LogP contribution in [0.2, 0.25) is 10.0 Å². The van der Waals surface area contributed by atoms with Crippen LogP contribution in [0.5, 0.6) is 0 Å². The number of hydrogen-bond acceptors (Lipinski definition) is 4. The Morgan fingerprint density at radius 2 is 1.96 bits per heavy atom. The maximum Gasteiger partial charge on any atom is 0.336 e. The van der Waals surface area contributed by atoms with E-state index in [4.69, 9.17) is 23.2 Å². The van der Waals surface area contributed by atoms with Crippen LogP contribution in [0, 0.1) is 0 Å².